The van der Waals surface area contributed by atoms with Crippen molar-refractivity contribution >= 4 is 33.1 Å². The molecule has 136 valence electrons. The van der Waals surface area contributed by atoms with Crippen molar-refractivity contribution in [2.24, 2.45) is 0 Å². The number of hydrogen-bond acceptors (Lipinski definition) is 4. The molecule has 1 N–H and O–H groups in total. The van der Waals surface area contributed by atoms with Crippen molar-refractivity contribution in [2.75, 3.05) is 5.32 Å². The van der Waals surface area contributed by atoms with Crippen LogP contribution in [0.4, 0.5) is 5.69 Å². The summed E-state index contributed by atoms with van der Waals surface area (Å²) in [4.78, 5) is 31.6. The number of nitrogens with one attached hydrogen (secondary N) is 1. The minimum atomic E-state index is -0.223. The van der Waals surface area contributed by atoms with Crippen molar-refractivity contribution in [2.45, 2.75) is 47.1 Å². The number of aromatic nitrogens is 2. The van der Waals surface area contributed by atoms with Crippen molar-refractivity contribution in [1.29, 1.82) is 0 Å². The number of amides is 1. The molecule has 6 heteroatoms. The van der Waals surface area contributed by atoms with E-state index in [1.165, 1.54) is 15.9 Å². The van der Waals surface area contributed by atoms with Gasteiger partial charge < -0.3 is 5.32 Å². The summed E-state index contributed by atoms with van der Waals surface area (Å²) in [6.07, 6.45) is 0. The maximum atomic E-state index is 12.7. The molecule has 0 atom stereocenters. The lowest BCUT2D eigenvalue weighted by Crippen LogP contribution is -2.30. The maximum Gasteiger partial charge on any atom is 0.262 e. The summed E-state index contributed by atoms with van der Waals surface area (Å²) in [5, 5.41) is 3.57. The van der Waals surface area contributed by atoms with Gasteiger partial charge in [0.15, 0.2) is 0 Å². The smallest absolute Gasteiger partial charge is 0.262 e. The predicted molar refractivity (Wildman–Crippen MR) is 107 cm³/mol. The maximum absolute atomic E-state index is 12.7. The highest BCUT2D eigenvalue weighted by molar-refractivity contribution is 7.18. The molecule has 0 spiro atoms. The number of carbonyl (C=O) groups is 1. The van der Waals surface area contributed by atoms with Crippen LogP contribution in [-0.2, 0) is 11.3 Å². The summed E-state index contributed by atoms with van der Waals surface area (Å²) in [5.41, 5.74) is 2.76. The van der Waals surface area contributed by atoms with Gasteiger partial charge in [0, 0.05) is 10.6 Å². The van der Waals surface area contributed by atoms with Gasteiger partial charge in [-0.25, -0.2) is 4.98 Å². The summed E-state index contributed by atoms with van der Waals surface area (Å²) in [5.74, 6) is 0.620. The van der Waals surface area contributed by atoms with Gasteiger partial charge in [0.1, 0.15) is 17.2 Å². The Morgan fingerprint density at radius 2 is 2.00 bits per heavy atom. The van der Waals surface area contributed by atoms with E-state index in [1.807, 2.05) is 38.1 Å². The van der Waals surface area contributed by atoms with Gasteiger partial charge in [-0.15, -0.1) is 11.3 Å². The molecule has 1 amide bonds. The first-order valence-corrected chi connectivity index (χ1v) is 9.46. The number of carbonyl (C=O) groups excluding carboxylic acids is 1. The Morgan fingerprint density at radius 3 is 2.69 bits per heavy atom. The highest BCUT2D eigenvalue weighted by Gasteiger charge is 2.16. The number of thiophene rings is 1. The monoisotopic (exact) mass is 369 g/mol. The highest BCUT2D eigenvalue weighted by Crippen LogP contribution is 2.27. The zero-order valence-corrected chi connectivity index (χ0v) is 16.5. The topological polar surface area (TPSA) is 64.0 Å². The second kappa shape index (κ2) is 7.03. The van der Waals surface area contributed by atoms with E-state index < -0.39 is 0 Å². The van der Waals surface area contributed by atoms with Crippen molar-refractivity contribution in [1.82, 2.24) is 9.55 Å². The third kappa shape index (κ3) is 3.42. The number of nitrogens with zero attached hydrogens (tertiary/aromatic N) is 2. The average molecular weight is 369 g/mol. The zero-order valence-electron chi connectivity index (χ0n) is 15.7. The molecule has 0 aliphatic carbocycles. The van der Waals surface area contributed by atoms with E-state index in [9.17, 15) is 9.59 Å². The summed E-state index contributed by atoms with van der Waals surface area (Å²) < 4.78 is 1.44. The van der Waals surface area contributed by atoms with E-state index in [0.29, 0.717) is 17.1 Å². The molecular formula is C20H23N3O2S. The number of aryl methyl sites for hydroxylation is 3. The van der Waals surface area contributed by atoms with Crippen molar-refractivity contribution in [3.05, 3.63) is 56.4 Å². The van der Waals surface area contributed by atoms with Gasteiger partial charge in [0.2, 0.25) is 5.91 Å². The minimum absolute atomic E-state index is 0.0473. The SMILES string of the molecule is Cc1cc2c(=O)n(CC(=O)Nc3c(C)cccc3C(C)C)c(C)nc2s1. The van der Waals surface area contributed by atoms with E-state index in [-0.39, 0.29) is 18.0 Å². The lowest BCUT2D eigenvalue weighted by atomic mass is 9.98. The van der Waals surface area contributed by atoms with E-state index >= 15 is 0 Å². The summed E-state index contributed by atoms with van der Waals surface area (Å²) in [7, 11) is 0. The Morgan fingerprint density at radius 1 is 1.27 bits per heavy atom. The van der Waals surface area contributed by atoms with Crippen LogP contribution in [0.1, 0.15) is 41.6 Å². The molecule has 1 aromatic carbocycles. The van der Waals surface area contributed by atoms with Crippen LogP contribution in [0.3, 0.4) is 0 Å². The molecule has 5 nitrogen and oxygen atoms in total. The molecule has 0 unspecified atom stereocenters. The number of hydrogen-bond donors (Lipinski definition) is 1. The molecule has 0 aliphatic heterocycles. The van der Waals surface area contributed by atoms with Gasteiger partial charge in [-0.2, -0.15) is 0 Å². The normalized spacial score (nSPS) is 11.3. The third-order valence-electron chi connectivity index (χ3n) is 4.46. The van der Waals surface area contributed by atoms with Crippen LogP contribution in [0.15, 0.2) is 29.1 Å². The molecule has 26 heavy (non-hydrogen) atoms. The molecule has 2 aromatic heterocycles. The summed E-state index contributed by atoms with van der Waals surface area (Å²) >= 11 is 1.49. The van der Waals surface area contributed by atoms with Gasteiger partial charge in [0.05, 0.1) is 5.39 Å². The second-order valence-electron chi connectivity index (χ2n) is 6.87. The van der Waals surface area contributed by atoms with Crippen molar-refractivity contribution in [3.63, 3.8) is 0 Å². The minimum Gasteiger partial charge on any atom is -0.324 e. The first-order valence-electron chi connectivity index (χ1n) is 8.65. The van der Waals surface area contributed by atoms with Crippen molar-refractivity contribution < 1.29 is 4.79 Å². The highest BCUT2D eigenvalue weighted by atomic mass is 32.1. The molecule has 3 aromatic rings. The van der Waals surface area contributed by atoms with E-state index in [2.05, 4.69) is 24.1 Å². The van der Waals surface area contributed by atoms with Crippen LogP contribution < -0.4 is 10.9 Å². The van der Waals surface area contributed by atoms with Crippen LogP contribution in [0.25, 0.3) is 10.2 Å². The predicted octanol–water partition coefficient (Wildman–Crippen LogP) is 4.15. The molecule has 0 aliphatic rings. The fourth-order valence-electron chi connectivity index (χ4n) is 3.09. The van der Waals surface area contributed by atoms with Crippen LogP contribution in [0.5, 0.6) is 0 Å². The van der Waals surface area contributed by atoms with Crippen LogP contribution >= 0.6 is 11.3 Å². The van der Waals surface area contributed by atoms with Crippen LogP contribution in [-0.4, -0.2) is 15.5 Å². The third-order valence-corrected chi connectivity index (χ3v) is 5.40. The molecule has 3 rings (SSSR count). The fourth-order valence-corrected chi connectivity index (χ4v) is 4.00. The summed E-state index contributed by atoms with van der Waals surface area (Å²) in [6, 6.07) is 7.82. The summed E-state index contributed by atoms with van der Waals surface area (Å²) in [6.45, 7) is 9.82. The first kappa shape index (κ1) is 18.3. The Balaban J connectivity index is 1.93. The lowest BCUT2D eigenvalue weighted by Gasteiger charge is -2.17. The molecule has 0 saturated heterocycles. The number of anilines is 1. The number of benzene rings is 1. The zero-order chi connectivity index (χ0) is 19.0. The fraction of sp³-hybridized carbons (Fsp3) is 0.350. The number of fused-ring (bicyclic) bond motifs is 1. The molecular weight excluding hydrogens is 346 g/mol. The van der Waals surface area contributed by atoms with Crippen molar-refractivity contribution in [3.8, 4) is 0 Å². The van der Waals surface area contributed by atoms with Crippen LogP contribution in [0.2, 0.25) is 0 Å². The number of rotatable bonds is 4. The molecule has 0 saturated carbocycles. The average Bonchev–Trinajstić information content (AvgIpc) is 2.93. The van der Waals surface area contributed by atoms with E-state index in [0.717, 1.165) is 26.5 Å². The molecule has 0 bridgehead atoms. The van der Waals surface area contributed by atoms with E-state index in [1.54, 1.807) is 6.92 Å². The van der Waals surface area contributed by atoms with Gasteiger partial charge in [-0.3, -0.25) is 14.2 Å². The Kier molecular flexibility index (Phi) is 4.96. The van der Waals surface area contributed by atoms with Gasteiger partial charge in [-0.05, 0) is 43.9 Å². The molecule has 0 fully saturated rings. The number of para-hydroxylation sites is 1. The van der Waals surface area contributed by atoms with Gasteiger partial charge >= 0.3 is 0 Å². The molecule has 2 heterocycles. The van der Waals surface area contributed by atoms with Gasteiger partial charge in [-0.1, -0.05) is 32.0 Å². The Hall–Kier alpha value is -2.47. The van der Waals surface area contributed by atoms with E-state index in [4.69, 9.17) is 0 Å². The first-order chi connectivity index (χ1) is 12.3. The molecule has 0 radical (unpaired) electrons. The van der Waals surface area contributed by atoms with Crippen LogP contribution in [0, 0.1) is 20.8 Å². The quantitative estimate of drug-likeness (QED) is 0.751. The largest absolute Gasteiger partial charge is 0.324 e. The van der Waals surface area contributed by atoms with Gasteiger partial charge in [0.25, 0.3) is 5.56 Å². The Labute approximate surface area is 156 Å². The second-order valence-corrected chi connectivity index (χ2v) is 8.10. The standard InChI is InChI=1S/C20H23N3O2S/c1-11(2)15-8-6-7-12(3)18(15)22-17(24)10-23-14(5)21-19-16(20(23)25)9-13(4)26-19/h6-9,11H,10H2,1-5H3,(H,22,24). The lowest BCUT2D eigenvalue weighted by molar-refractivity contribution is -0.116. The Bertz CT molecular complexity index is 1050.